The third kappa shape index (κ3) is 5.15. The highest BCUT2D eigenvalue weighted by atomic mass is 19.4. The number of nitrogens with zero attached hydrogens (tertiary/aromatic N) is 5. The normalized spacial score (nSPS) is 16.9. The van der Waals surface area contributed by atoms with Crippen molar-refractivity contribution >= 4 is 0 Å². The van der Waals surface area contributed by atoms with Gasteiger partial charge in [-0.3, -0.25) is 4.68 Å². The molecule has 6 nitrogen and oxygen atoms in total. The second-order valence-corrected chi connectivity index (χ2v) is 6.12. The molecular formula is C16H20F3N5O. The van der Waals surface area contributed by atoms with Crippen molar-refractivity contribution in [1.82, 2.24) is 24.9 Å². The molecule has 0 N–H and O–H groups in total. The molecule has 0 radical (unpaired) electrons. The smallest absolute Gasteiger partial charge is 0.433 e. The van der Waals surface area contributed by atoms with Crippen LogP contribution in [0, 0.1) is 5.92 Å². The van der Waals surface area contributed by atoms with E-state index in [4.69, 9.17) is 4.74 Å². The number of pyridine rings is 1. The van der Waals surface area contributed by atoms with Gasteiger partial charge in [-0.05, 0) is 37.9 Å². The average molecular weight is 355 g/mol. The maximum absolute atomic E-state index is 12.6. The van der Waals surface area contributed by atoms with Crippen molar-refractivity contribution in [2.75, 3.05) is 26.2 Å². The van der Waals surface area contributed by atoms with Crippen molar-refractivity contribution in [3.8, 4) is 5.88 Å². The van der Waals surface area contributed by atoms with Crippen molar-refractivity contribution in [3.63, 3.8) is 0 Å². The van der Waals surface area contributed by atoms with Gasteiger partial charge in [-0.1, -0.05) is 11.3 Å². The molecule has 1 fully saturated rings. The van der Waals surface area contributed by atoms with Crippen molar-refractivity contribution in [3.05, 3.63) is 36.3 Å². The summed E-state index contributed by atoms with van der Waals surface area (Å²) >= 11 is 0. The molecule has 1 aliphatic rings. The lowest BCUT2D eigenvalue weighted by Gasteiger charge is -2.31. The summed E-state index contributed by atoms with van der Waals surface area (Å²) in [7, 11) is 0. The van der Waals surface area contributed by atoms with E-state index in [-0.39, 0.29) is 5.88 Å². The Balaban J connectivity index is 1.40. The first kappa shape index (κ1) is 17.7. The molecule has 3 rings (SSSR count). The Hall–Kier alpha value is -2.16. The Morgan fingerprint density at radius 1 is 1.16 bits per heavy atom. The molecule has 0 bridgehead atoms. The van der Waals surface area contributed by atoms with Crippen LogP contribution in [-0.2, 0) is 12.7 Å². The first-order chi connectivity index (χ1) is 12.0. The fourth-order valence-electron chi connectivity index (χ4n) is 2.83. The number of aromatic nitrogens is 4. The zero-order valence-electron chi connectivity index (χ0n) is 13.7. The van der Waals surface area contributed by atoms with Gasteiger partial charge in [-0.25, -0.2) is 4.98 Å². The van der Waals surface area contributed by atoms with E-state index >= 15 is 0 Å². The minimum atomic E-state index is -4.45. The van der Waals surface area contributed by atoms with E-state index in [2.05, 4.69) is 20.2 Å². The van der Waals surface area contributed by atoms with Gasteiger partial charge in [0.2, 0.25) is 5.88 Å². The number of hydrogen-bond acceptors (Lipinski definition) is 5. The van der Waals surface area contributed by atoms with E-state index in [1.807, 2.05) is 6.20 Å². The molecule has 1 aliphatic heterocycles. The summed E-state index contributed by atoms with van der Waals surface area (Å²) in [5, 5.41) is 7.71. The van der Waals surface area contributed by atoms with Crippen molar-refractivity contribution in [2.24, 2.45) is 5.92 Å². The van der Waals surface area contributed by atoms with Gasteiger partial charge in [0.15, 0.2) is 0 Å². The molecule has 3 heterocycles. The highest BCUT2D eigenvalue weighted by Crippen LogP contribution is 2.28. The van der Waals surface area contributed by atoms with Crippen LogP contribution in [0.4, 0.5) is 13.2 Å². The predicted molar refractivity (Wildman–Crippen MR) is 83.9 cm³/mol. The summed E-state index contributed by atoms with van der Waals surface area (Å²) in [5.41, 5.74) is -0.923. The lowest BCUT2D eigenvalue weighted by molar-refractivity contribution is -0.141. The number of alkyl halides is 3. The molecule has 0 aliphatic carbocycles. The largest absolute Gasteiger partial charge is 0.477 e. The molecule has 2 aromatic heterocycles. The van der Waals surface area contributed by atoms with Gasteiger partial charge < -0.3 is 9.64 Å². The molecule has 0 saturated carbocycles. The molecule has 0 atom stereocenters. The monoisotopic (exact) mass is 355 g/mol. The SMILES string of the molecule is FC(F)(F)c1cccc(OCC2CCN(CCn3ccnn3)CC2)n1. The second kappa shape index (κ2) is 7.81. The first-order valence-corrected chi connectivity index (χ1v) is 8.24. The topological polar surface area (TPSA) is 56.1 Å². The van der Waals surface area contributed by atoms with Crippen LogP contribution in [0.1, 0.15) is 18.5 Å². The van der Waals surface area contributed by atoms with Crippen LogP contribution in [0.5, 0.6) is 5.88 Å². The van der Waals surface area contributed by atoms with E-state index in [0.717, 1.165) is 45.1 Å². The van der Waals surface area contributed by atoms with E-state index < -0.39 is 11.9 Å². The highest BCUT2D eigenvalue weighted by Gasteiger charge is 2.32. The quantitative estimate of drug-likeness (QED) is 0.797. The number of rotatable bonds is 6. The molecular weight excluding hydrogens is 335 g/mol. The Labute approximate surface area is 143 Å². The van der Waals surface area contributed by atoms with Crippen molar-refractivity contribution in [2.45, 2.75) is 25.6 Å². The molecule has 2 aromatic rings. The van der Waals surface area contributed by atoms with Gasteiger partial charge in [-0.15, -0.1) is 5.10 Å². The maximum atomic E-state index is 12.6. The zero-order valence-corrected chi connectivity index (χ0v) is 13.7. The van der Waals surface area contributed by atoms with Crippen LogP contribution in [0.25, 0.3) is 0 Å². The summed E-state index contributed by atoms with van der Waals surface area (Å²) in [6.07, 6.45) is 0.954. The maximum Gasteiger partial charge on any atom is 0.433 e. The third-order valence-corrected chi connectivity index (χ3v) is 4.31. The lowest BCUT2D eigenvalue weighted by atomic mass is 9.98. The number of piperidine rings is 1. The fraction of sp³-hybridized carbons (Fsp3) is 0.562. The van der Waals surface area contributed by atoms with Crippen LogP contribution in [-0.4, -0.2) is 51.1 Å². The molecule has 1 saturated heterocycles. The number of ether oxygens (including phenoxy) is 1. The first-order valence-electron chi connectivity index (χ1n) is 8.24. The van der Waals surface area contributed by atoms with Gasteiger partial charge in [0.1, 0.15) is 5.69 Å². The Kier molecular flexibility index (Phi) is 5.52. The highest BCUT2D eigenvalue weighted by molar-refractivity contribution is 5.17. The van der Waals surface area contributed by atoms with E-state index in [0.29, 0.717) is 12.5 Å². The van der Waals surface area contributed by atoms with Gasteiger partial charge in [-0.2, -0.15) is 13.2 Å². The minimum absolute atomic E-state index is 0.0310. The Morgan fingerprint density at radius 3 is 2.64 bits per heavy atom. The van der Waals surface area contributed by atoms with Gasteiger partial charge in [0.05, 0.1) is 19.3 Å². The number of halogens is 3. The fourth-order valence-corrected chi connectivity index (χ4v) is 2.83. The molecule has 0 spiro atoms. The molecule has 0 unspecified atom stereocenters. The third-order valence-electron chi connectivity index (χ3n) is 4.31. The number of likely N-dealkylation sites (tertiary alicyclic amines) is 1. The lowest BCUT2D eigenvalue weighted by Crippen LogP contribution is -2.37. The predicted octanol–water partition coefficient (Wildman–Crippen LogP) is 2.48. The van der Waals surface area contributed by atoms with Crippen molar-refractivity contribution in [1.29, 1.82) is 0 Å². The summed E-state index contributed by atoms with van der Waals surface area (Å²) in [6, 6.07) is 3.72. The molecule has 136 valence electrons. The van der Waals surface area contributed by atoms with Gasteiger partial charge >= 0.3 is 6.18 Å². The van der Waals surface area contributed by atoms with E-state index in [9.17, 15) is 13.2 Å². The molecule has 25 heavy (non-hydrogen) atoms. The zero-order chi connectivity index (χ0) is 17.7. The van der Waals surface area contributed by atoms with Crippen LogP contribution >= 0.6 is 0 Å². The number of hydrogen-bond donors (Lipinski definition) is 0. The summed E-state index contributed by atoms with van der Waals surface area (Å²) in [6.45, 7) is 3.99. The van der Waals surface area contributed by atoms with Crippen LogP contribution in [0.2, 0.25) is 0 Å². The second-order valence-electron chi connectivity index (χ2n) is 6.12. The van der Waals surface area contributed by atoms with E-state index in [1.54, 1.807) is 10.9 Å². The summed E-state index contributed by atoms with van der Waals surface area (Å²) in [5.74, 6) is 0.363. The van der Waals surface area contributed by atoms with Crippen LogP contribution in [0.3, 0.4) is 0 Å². The molecule has 0 aromatic carbocycles. The van der Waals surface area contributed by atoms with Gasteiger partial charge in [0, 0.05) is 18.8 Å². The van der Waals surface area contributed by atoms with Crippen LogP contribution < -0.4 is 4.74 Å². The summed E-state index contributed by atoms with van der Waals surface area (Å²) in [4.78, 5) is 5.88. The summed E-state index contributed by atoms with van der Waals surface area (Å²) < 4.78 is 45.2. The molecule has 0 amide bonds. The van der Waals surface area contributed by atoms with Gasteiger partial charge in [0.25, 0.3) is 0 Å². The minimum Gasteiger partial charge on any atom is -0.477 e. The van der Waals surface area contributed by atoms with Crippen molar-refractivity contribution < 1.29 is 17.9 Å². The van der Waals surface area contributed by atoms with E-state index in [1.165, 1.54) is 12.1 Å². The Morgan fingerprint density at radius 2 is 1.96 bits per heavy atom. The standard InChI is InChI=1S/C16H20F3N5O/c17-16(18,19)14-2-1-3-15(21-14)25-12-13-4-7-23(8-5-13)10-11-24-9-6-20-22-24/h1-3,6,9,13H,4-5,7-8,10-12H2. The Bertz CT molecular complexity index is 654. The van der Waals surface area contributed by atoms with Crippen LogP contribution in [0.15, 0.2) is 30.6 Å². The average Bonchev–Trinajstić information content (AvgIpc) is 3.12. The molecule has 9 heteroatoms.